The first-order valence-electron chi connectivity index (χ1n) is 10.3. The Morgan fingerprint density at radius 2 is 2.00 bits per heavy atom. The van der Waals surface area contributed by atoms with E-state index in [0.717, 1.165) is 56.4 Å². The summed E-state index contributed by atoms with van der Waals surface area (Å²) in [7, 11) is 0. The average molecular weight is 383 g/mol. The van der Waals surface area contributed by atoms with Gasteiger partial charge in [-0.15, -0.1) is 0 Å². The van der Waals surface area contributed by atoms with Crippen LogP contribution in [0.25, 0.3) is 0 Å². The molecule has 1 spiro atoms. The Labute approximate surface area is 166 Å². The van der Waals surface area contributed by atoms with Gasteiger partial charge in [0.05, 0.1) is 30.7 Å². The van der Waals surface area contributed by atoms with Crippen LogP contribution >= 0.6 is 0 Å². The molecule has 4 heterocycles. The summed E-state index contributed by atoms with van der Waals surface area (Å²) in [6.45, 7) is 9.45. The van der Waals surface area contributed by atoms with Gasteiger partial charge in [-0.1, -0.05) is 0 Å². The van der Waals surface area contributed by atoms with Crippen molar-refractivity contribution >= 4 is 5.91 Å². The van der Waals surface area contributed by atoms with Gasteiger partial charge < -0.3 is 9.47 Å². The van der Waals surface area contributed by atoms with Crippen LogP contribution in [0.1, 0.15) is 49.8 Å². The fourth-order valence-electron chi connectivity index (χ4n) is 4.70. The summed E-state index contributed by atoms with van der Waals surface area (Å²) < 4.78 is 2.22. The topological polar surface area (TPSA) is 67.2 Å². The Kier molecular flexibility index (Phi) is 5.44. The second-order valence-electron chi connectivity index (χ2n) is 8.34. The van der Waals surface area contributed by atoms with Gasteiger partial charge in [-0.25, -0.2) is 4.98 Å². The van der Waals surface area contributed by atoms with E-state index in [2.05, 4.69) is 37.5 Å². The molecule has 0 aliphatic carbocycles. The van der Waals surface area contributed by atoms with Crippen LogP contribution in [-0.2, 0) is 24.4 Å². The van der Waals surface area contributed by atoms with E-state index >= 15 is 0 Å². The Bertz CT molecular complexity index is 817. The predicted molar refractivity (Wildman–Crippen MR) is 106 cm³/mol. The monoisotopic (exact) mass is 382 g/mol. The number of carbonyl (C=O) groups is 1. The third kappa shape index (κ3) is 4.09. The number of aryl methyl sites for hydroxylation is 2. The number of carbonyl (C=O) groups excluding carboxylic acids is 1. The molecule has 28 heavy (non-hydrogen) atoms. The van der Waals surface area contributed by atoms with E-state index in [1.54, 1.807) is 12.4 Å². The SMILES string of the molecule is CCn1ccnc1CN1CCC[C@@]2(CCC(=O)N(Cc3cnc(C)cn3)C2)C1. The van der Waals surface area contributed by atoms with Gasteiger partial charge in [0, 0.05) is 50.1 Å². The molecule has 2 aliphatic heterocycles. The number of likely N-dealkylation sites (tertiary alicyclic amines) is 2. The molecule has 0 N–H and O–H groups in total. The number of hydrogen-bond acceptors (Lipinski definition) is 5. The van der Waals surface area contributed by atoms with Crippen LogP contribution in [0.4, 0.5) is 0 Å². The summed E-state index contributed by atoms with van der Waals surface area (Å²) in [5, 5.41) is 0. The molecule has 4 rings (SSSR count). The molecule has 2 aromatic heterocycles. The van der Waals surface area contributed by atoms with Crippen molar-refractivity contribution in [3.63, 3.8) is 0 Å². The second kappa shape index (κ2) is 7.99. The number of hydrogen-bond donors (Lipinski definition) is 0. The smallest absolute Gasteiger partial charge is 0.222 e. The quantitative estimate of drug-likeness (QED) is 0.794. The van der Waals surface area contributed by atoms with Gasteiger partial charge >= 0.3 is 0 Å². The molecule has 0 bridgehead atoms. The number of rotatable bonds is 5. The maximum Gasteiger partial charge on any atom is 0.222 e. The summed E-state index contributed by atoms with van der Waals surface area (Å²) >= 11 is 0. The lowest BCUT2D eigenvalue weighted by atomic mass is 9.73. The molecule has 0 aromatic carbocycles. The van der Waals surface area contributed by atoms with E-state index in [9.17, 15) is 4.79 Å². The largest absolute Gasteiger partial charge is 0.336 e. The third-order valence-corrected chi connectivity index (χ3v) is 6.18. The highest BCUT2D eigenvalue weighted by Crippen LogP contribution is 2.39. The van der Waals surface area contributed by atoms with Crippen molar-refractivity contribution in [2.75, 3.05) is 19.6 Å². The van der Waals surface area contributed by atoms with Crippen LogP contribution in [0.3, 0.4) is 0 Å². The van der Waals surface area contributed by atoms with Gasteiger partial charge in [-0.05, 0) is 39.7 Å². The van der Waals surface area contributed by atoms with Crippen LogP contribution in [0, 0.1) is 12.3 Å². The Hall–Kier alpha value is -2.28. The van der Waals surface area contributed by atoms with Crippen LogP contribution in [0.5, 0.6) is 0 Å². The number of imidazole rings is 1. The number of piperidine rings is 2. The average Bonchev–Trinajstić information content (AvgIpc) is 3.14. The van der Waals surface area contributed by atoms with Crippen LogP contribution in [0.15, 0.2) is 24.8 Å². The minimum Gasteiger partial charge on any atom is -0.336 e. The number of amides is 1. The summed E-state index contributed by atoms with van der Waals surface area (Å²) in [6, 6.07) is 0. The molecule has 150 valence electrons. The number of aromatic nitrogens is 4. The summed E-state index contributed by atoms with van der Waals surface area (Å²) in [5.74, 6) is 1.38. The van der Waals surface area contributed by atoms with Crippen molar-refractivity contribution in [3.05, 3.63) is 42.0 Å². The molecule has 7 nitrogen and oxygen atoms in total. The van der Waals surface area contributed by atoms with E-state index in [-0.39, 0.29) is 11.3 Å². The molecular weight excluding hydrogens is 352 g/mol. The molecule has 2 saturated heterocycles. The molecule has 0 saturated carbocycles. The highest BCUT2D eigenvalue weighted by Gasteiger charge is 2.41. The fourth-order valence-corrected chi connectivity index (χ4v) is 4.70. The molecule has 2 fully saturated rings. The lowest BCUT2D eigenvalue weighted by molar-refractivity contribution is -0.140. The first-order valence-corrected chi connectivity index (χ1v) is 10.3. The van der Waals surface area contributed by atoms with Crippen molar-refractivity contribution in [3.8, 4) is 0 Å². The molecule has 1 amide bonds. The van der Waals surface area contributed by atoms with Gasteiger partial charge in [-0.3, -0.25) is 19.7 Å². The van der Waals surface area contributed by atoms with Crippen LogP contribution in [-0.4, -0.2) is 54.9 Å². The Morgan fingerprint density at radius 1 is 1.11 bits per heavy atom. The van der Waals surface area contributed by atoms with Gasteiger partial charge in [-0.2, -0.15) is 0 Å². The standard InChI is InChI=1S/C21H30N6O/c1-3-26-10-8-22-19(26)14-25-9-4-6-21(15-25)7-5-20(28)27(16-21)13-18-12-23-17(2)11-24-18/h8,10-12H,3-7,9,13-16H2,1-2H3/t21-/m1/s1. The van der Waals surface area contributed by atoms with Gasteiger partial charge in [0.15, 0.2) is 0 Å². The first-order chi connectivity index (χ1) is 13.6. The van der Waals surface area contributed by atoms with Crippen LogP contribution < -0.4 is 0 Å². The van der Waals surface area contributed by atoms with Crippen molar-refractivity contribution in [1.29, 1.82) is 0 Å². The molecule has 2 aromatic rings. The lowest BCUT2D eigenvalue weighted by Crippen LogP contribution is -2.53. The van der Waals surface area contributed by atoms with Crippen LogP contribution in [0.2, 0.25) is 0 Å². The summed E-state index contributed by atoms with van der Waals surface area (Å²) in [4.78, 5) is 30.4. The highest BCUT2D eigenvalue weighted by molar-refractivity contribution is 5.77. The van der Waals surface area contributed by atoms with Crippen molar-refractivity contribution in [2.24, 2.45) is 5.41 Å². The van der Waals surface area contributed by atoms with E-state index in [4.69, 9.17) is 0 Å². The normalized spacial score (nSPS) is 23.5. The van der Waals surface area contributed by atoms with E-state index in [1.165, 1.54) is 12.8 Å². The maximum absolute atomic E-state index is 12.6. The number of nitrogens with zero attached hydrogens (tertiary/aromatic N) is 6. The van der Waals surface area contributed by atoms with Crippen molar-refractivity contribution in [1.82, 2.24) is 29.3 Å². The molecule has 0 unspecified atom stereocenters. The highest BCUT2D eigenvalue weighted by atomic mass is 16.2. The molecular formula is C21H30N6O. The maximum atomic E-state index is 12.6. The summed E-state index contributed by atoms with van der Waals surface area (Å²) in [6.07, 6.45) is 11.5. The fraction of sp³-hybridized carbons (Fsp3) is 0.619. The zero-order valence-electron chi connectivity index (χ0n) is 17.0. The third-order valence-electron chi connectivity index (χ3n) is 6.18. The van der Waals surface area contributed by atoms with Gasteiger partial charge in [0.25, 0.3) is 0 Å². The van der Waals surface area contributed by atoms with E-state index < -0.39 is 0 Å². The zero-order chi connectivity index (χ0) is 19.6. The van der Waals surface area contributed by atoms with Crippen molar-refractivity contribution in [2.45, 2.75) is 59.2 Å². The molecule has 2 aliphatic rings. The Morgan fingerprint density at radius 3 is 2.79 bits per heavy atom. The molecule has 0 radical (unpaired) electrons. The van der Waals surface area contributed by atoms with Crippen molar-refractivity contribution < 1.29 is 4.79 Å². The summed E-state index contributed by atoms with van der Waals surface area (Å²) in [5.41, 5.74) is 1.96. The van der Waals surface area contributed by atoms with Gasteiger partial charge in [0.2, 0.25) is 5.91 Å². The minimum atomic E-state index is 0.188. The molecule has 1 atom stereocenters. The second-order valence-corrected chi connectivity index (χ2v) is 8.34. The van der Waals surface area contributed by atoms with E-state index in [1.807, 2.05) is 18.0 Å². The first kappa shape index (κ1) is 19.1. The van der Waals surface area contributed by atoms with Gasteiger partial charge in [0.1, 0.15) is 5.82 Å². The predicted octanol–water partition coefficient (Wildman–Crippen LogP) is 2.41. The zero-order valence-corrected chi connectivity index (χ0v) is 17.0. The minimum absolute atomic E-state index is 0.188. The Balaban J connectivity index is 1.44. The lowest BCUT2D eigenvalue weighted by Gasteiger charge is -2.48. The molecule has 7 heteroatoms. The van der Waals surface area contributed by atoms with E-state index in [0.29, 0.717) is 13.0 Å².